The minimum absolute atomic E-state index is 0.0469. The van der Waals surface area contributed by atoms with Crippen molar-refractivity contribution in [3.63, 3.8) is 0 Å². The van der Waals surface area contributed by atoms with E-state index in [0.717, 1.165) is 25.0 Å². The van der Waals surface area contributed by atoms with Crippen LogP contribution in [0.3, 0.4) is 0 Å². The molecule has 4 heteroatoms. The van der Waals surface area contributed by atoms with Crippen molar-refractivity contribution in [3.05, 3.63) is 77.9 Å². The molecule has 0 radical (unpaired) electrons. The number of benzene rings is 3. The number of hydrogen-bond acceptors (Lipinski definition) is 4. The second-order valence-electron chi connectivity index (χ2n) is 8.33. The molecule has 3 aromatic rings. The van der Waals surface area contributed by atoms with Crippen LogP contribution in [0, 0.1) is 0 Å². The molecule has 162 valence electrons. The third-order valence-corrected chi connectivity index (χ3v) is 6.20. The number of ether oxygens (including phenoxy) is 2. The summed E-state index contributed by atoms with van der Waals surface area (Å²) in [5.74, 6) is 0.898. The predicted molar refractivity (Wildman–Crippen MR) is 124 cm³/mol. The number of nitrogens with one attached hydrogen (secondary N) is 1. The Morgan fingerprint density at radius 1 is 1.06 bits per heavy atom. The Balaban J connectivity index is 1.37. The minimum Gasteiger partial charge on any atom is -0.482 e. The Labute approximate surface area is 184 Å². The molecule has 4 nitrogen and oxygen atoms in total. The molecule has 0 spiro atoms. The van der Waals surface area contributed by atoms with Gasteiger partial charge in [0.15, 0.2) is 6.61 Å². The van der Waals surface area contributed by atoms with E-state index in [1.54, 1.807) is 6.92 Å². The third-order valence-electron chi connectivity index (χ3n) is 6.20. The number of carbonyl (C=O) groups excluding carboxylic acids is 1. The van der Waals surface area contributed by atoms with Crippen LogP contribution in [-0.2, 0) is 9.53 Å². The summed E-state index contributed by atoms with van der Waals surface area (Å²) in [5.41, 5.74) is 2.64. The molecular formula is C27H31NO3. The maximum absolute atomic E-state index is 11.5. The Morgan fingerprint density at radius 2 is 1.87 bits per heavy atom. The van der Waals surface area contributed by atoms with Crippen LogP contribution in [0.5, 0.6) is 5.75 Å². The van der Waals surface area contributed by atoms with E-state index in [9.17, 15) is 4.79 Å². The van der Waals surface area contributed by atoms with E-state index in [0.29, 0.717) is 24.6 Å². The van der Waals surface area contributed by atoms with E-state index >= 15 is 0 Å². The van der Waals surface area contributed by atoms with Crippen LogP contribution in [0.15, 0.2) is 66.7 Å². The Hall–Kier alpha value is -2.85. The zero-order chi connectivity index (χ0) is 21.6. The van der Waals surface area contributed by atoms with Crippen LogP contribution in [0.4, 0.5) is 0 Å². The van der Waals surface area contributed by atoms with Crippen LogP contribution in [0.25, 0.3) is 10.8 Å². The van der Waals surface area contributed by atoms with Gasteiger partial charge in [-0.2, -0.15) is 0 Å². The summed E-state index contributed by atoms with van der Waals surface area (Å²) in [4.78, 5) is 11.5. The third kappa shape index (κ3) is 5.26. The van der Waals surface area contributed by atoms with Crippen molar-refractivity contribution in [2.24, 2.45) is 0 Å². The van der Waals surface area contributed by atoms with Gasteiger partial charge in [-0.05, 0) is 73.1 Å². The zero-order valence-corrected chi connectivity index (χ0v) is 18.3. The molecular weight excluding hydrogens is 386 g/mol. The van der Waals surface area contributed by atoms with Gasteiger partial charge in [-0.15, -0.1) is 0 Å². The molecule has 0 saturated heterocycles. The minimum atomic E-state index is -0.333. The van der Waals surface area contributed by atoms with E-state index < -0.39 is 0 Å². The first-order valence-corrected chi connectivity index (χ1v) is 11.3. The summed E-state index contributed by atoms with van der Waals surface area (Å²) in [6, 6.07) is 24.1. The molecule has 31 heavy (non-hydrogen) atoms. The molecule has 1 aliphatic carbocycles. The Bertz CT molecular complexity index is 1030. The smallest absolute Gasteiger partial charge is 0.344 e. The van der Waals surface area contributed by atoms with E-state index in [1.165, 1.54) is 21.9 Å². The summed E-state index contributed by atoms with van der Waals surface area (Å²) in [6.07, 6.45) is 3.42. The first kappa shape index (κ1) is 21.4. The summed E-state index contributed by atoms with van der Waals surface area (Å²) in [5, 5.41) is 6.48. The van der Waals surface area contributed by atoms with Gasteiger partial charge >= 0.3 is 5.97 Å². The highest BCUT2D eigenvalue weighted by Gasteiger charge is 2.27. The summed E-state index contributed by atoms with van der Waals surface area (Å²) >= 11 is 0. The van der Waals surface area contributed by atoms with Gasteiger partial charge in [0.1, 0.15) is 5.75 Å². The van der Waals surface area contributed by atoms with Crippen molar-refractivity contribution in [1.82, 2.24) is 5.32 Å². The molecule has 3 atom stereocenters. The number of carbonyl (C=O) groups is 1. The fourth-order valence-corrected chi connectivity index (χ4v) is 4.71. The second kappa shape index (κ2) is 9.97. The van der Waals surface area contributed by atoms with E-state index in [1.807, 2.05) is 12.1 Å². The highest BCUT2D eigenvalue weighted by Crippen LogP contribution is 2.37. The van der Waals surface area contributed by atoms with Gasteiger partial charge in [0, 0.05) is 12.1 Å². The van der Waals surface area contributed by atoms with E-state index in [4.69, 9.17) is 9.47 Å². The largest absolute Gasteiger partial charge is 0.482 e. The maximum Gasteiger partial charge on any atom is 0.344 e. The number of hydrogen-bond donors (Lipinski definition) is 1. The van der Waals surface area contributed by atoms with Gasteiger partial charge < -0.3 is 14.8 Å². The lowest BCUT2D eigenvalue weighted by molar-refractivity contribution is -0.145. The Kier molecular flexibility index (Phi) is 6.88. The van der Waals surface area contributed by atoms with Crippen LogP contribution in [-0.4, -0.2) is 25.2 Å². The van der Waals surface area contributed by atoms with Crippen molar-refractivity contribution in [3.8, 4) is 5.75 Å². The van der Waals surface area contributed by atoms with Crippen molar-refractivity contribution in [2.45, 2.75) is 51.1 Å². The quantitative estimate of drug-likeness (QED) is 0.473. The van der Waals surface area contributed by atoms with Crippen molar-refractivity contribution in [2.75, 3.05) is 13.2 Å². The first-order valence-electron chi connectivity index (χ1n) is 11.3. The normalized spacial score (nSPS) is 19.3. The highest BCUT2D eigenvalue weighted by atomic mass is 16.6. The molecule has 4 rings (SSSR count). The number of rotatable bonds is 8. The molecule has 1 aliphatic rings. The standard InChI is InChI=1S/C27H31NO3/c1-3-30-27(29)18-31-24-11-6-10-21(17-24)22-14-15-23(16-22)28-19(2)25-13-7-9-20-8-4-5-12-26(20)25/h4-13,17,19,22-23,28H,3,14-16,18H2,1-2H3/t19?,22?,23-/m1/s1. The van der Waals surface area contributed by atoms with Crippen LogP contribution < -0.4 is 10.1 Å². The predicted octanol–water partition coefficient (Wildman–Crippen LogP) is 5.77. The van der Waals surface area contributed by atoms with Gasteiger partial charge in [0.25, 0.3) is 0 Å². The van der Waals surface area contributed by atoms with Crippen LogP contribution in [0.2, 0.25) is 0 Å². The number of esters is 1. The molecule has 3 aromatic carbocycles. The molecule has 1 saturated carbocycles. The second-order valence-corrected chi connectivity index (χ2v) is 8.33. The SMILES string of the molecule is CCOC(=O)COc1cccc(C2CC[C@@H](NC(C)c3cccc4ccccc34)C2)c1. The average Bonchev–Trinajstić information content (AvgIpc) is 3.26. The van der Waals surface area contributed by atoms with Gasteiger partial charge in [-0.1, -0.05) is 54.6 Å². The molecule has 1 fully saturated rings. The van der Waals surface area contributed by atoms with Crippen LogP contribution in [0.1, 0.15) is 56.2 Å². The maximum atomic E-state index is 11.5. The number of fused-ring (bicyclic) bond motifs is 1. The van der Waals surface area contributed by atoms with E-state index in [2.05, 4.69) is 66.8 Å². The fourth-order valence-electron chi connectivity index (χ4n) is 4.71. The van der Waals surface area contributed by atoms with Gasteiger partial charge in [-0.3, -0.25) is 0 Å². The molecule has 0 aliphatic heterocycles. The lowest BCUT2D eigenvalue weighted by atomic mass is 9.96. The van der Waals surface area contributed by atoms with Crippen molar-refractivity contribution >= 4 is 16.7 Å². The van der Waals surface area contributed by atoms with Crippen molar-refractivity contribution in [1.29, 1.82) is 0 Å². The zero-order valence-electron chi connectivity index (χ0n) is 18.3. The highest BCUT2D eigenvalue weighted by molar-refractivity contribution is 5.86. The molecule has 0 bridgehead atoms. The Morgan fingerprint density at radius 3 is 2.74 bits per heavy atom. The molecule has 0 heterocycles. The molecule has 0 aromatic heterocycles. The monoisotopic (exact) mass is 417 g/mol. The first-order chi connectivity index (χ1) is 15.1. The average molecular weight is 418 g/mol. The summed E-state index contributed by atoms with van der Waals surface area (Å²) in [6.45, 7) is 4.38. The van der Waals surface area contributed by atoms with Crippen molar-refractivity contribution < 1.29 is 14.3 Å². The fraction of sp³-hybridized carbons (Fsp3) is 0.370. The summed E-state index contributed by atoms with van der Waals surface area (Å²) in [7, 11) is 0. The van der Waals surface area contributed by atoms with Crippen LogP contribution >= 0.6 is 0 Å². The van der Waals surface area contributed by atoms with Gasteiger partial charge in [0.05, 0.1) is 6.61 Å². The van der Waals surface area contributed by atoms with Gasteiger partial charge in [0.2, 0.25) is 0 Å². The van der Waals surface area contributed by atoms with E-state index in [-0.39, 0.29) is 12.6 Å². The van der Waals surface area contributed by atoms with Gasteiger partial charge in [-0.25, -0.2) is 4.79 Å². The summed E-state index contributed by atoms with van der Waals surface area (Å²) < 4.78 is 10.6. The molecule has 2 unspecified atom stereocenters. The molecule has 1 N–H and O–H groups in total. The lowest BCUT2D eigenvalue weighted by Crippen LogP contribution is -2.29. The molecule has 0 amide bonds. The lowest BCUT2D eigenvalue weighted by Gasteiger charge is -2.21. The topological polar surface area (TPSA) is 47.6 Å².